The summed E-state index contributed by atoms with van der Waals surface area (Å²) in [6, 6.07) is 13.4. The molecule has 0 spiro atoms. The molecule has 2 aromatic rings. The zero-order valence-electron chi connectivity index (χ0n) is 12.7. The first-order valence-corrected chi connectivity index (χ1v) is 8.56. The lowest BCUT2D eigenvalue weighted by Gasteiger charge is -2.21. The van der Waals surface area contributed by atoms with Crippen LogP contribution in [0.3, 0.4) is 0 Å². The van der Waals surface area contributed by atoms with Gasteiger partial charge < -0.3 is 10.6 Å². The average molecular weight is 313 g/mol. The van der Waals surface area contributed by atoms with E-state index >= 15 is 0 Å². The van der Waals surface area contributed by atoms with Gasteiger partial charge in [-0.2, -0.15) is 0 Å². The van der Waals surface area contributed by atoms with Gasteiger partial charge in [-0.05, 0) is 67.1 Å². The lowest BCUT2D eigenvalue weighted by atomic mass is 9.99. The maximum atomic E-state index is 6.54. The summed E-state index contributed by atoms with van der Waals surface area (Å²) in [4.78, 5) is 0. The predicted molar refractivity (Wildman–Crippen MR) is 92.9 cm³/mol. The van der Waals surface area contributed by atoms with Crippen LogP contribution in [0.4, 0.5) is 5.69 Å². The number of nitrogens with one attached hydrogen (secondary N) is 2. The van der Waals surface area contributed by atoms with Crippen LogP contribution in [-0.2, 0) is 19.3 Å². The van der Waals surface area contributed by atoms with Crippen LogP contribution in [0.25, 0.3) is 0 Å². The van der Waals surface area contributed by atoms with Gasteiger partial charge in [-0.1, -0.05) is 41.9 Å². The van der Waals surface area contributed by atoms with Gasteiger partial charge in [-0.25, -0.2) is 0 Å². The van der Waals surface area contributed by atoms with E-state index in [1.807, 2.05) is 0 Å². The lowest BCUT2D eigenvalue weighted by Crippen LogP contribution is -2.16. The van der Waals surface area contributed by atoms with Crippen LogP contribution in [0.15, 0.2) is 36.4 Å². The molecule has 2 aromatic carbocycles. The maximum absolute atomic E-state index is 6.54. The molecule has 22 heavy (non-hydrogen) atoms. The van der Waals surface area contributed by atoms with Crippen molar-refractivity contribution in [3.8, 4) is 0 Å². The molecule has 0 fully saturated rings. The highest BCUT2D eigenvalue weighted by atomic mass is 35.5. The van der Waals surface area contributed by atoms with Gasteiger partial charge in [0.1, 0.15) is 0 Å². The first-order valence-electron chi connectivity index (χ1n) is 8.18. The summed E-state index contributed by atoms with van der Waals surface area (Å²) in [5.41, 5.74) is 6.90. The van der Waals surface area contributed by atoms with Crippen molar-refractivity contribution < 1.29 is 0 Å². The molecule has 4 rings (SSSR count). The Morgan fingerprint density at radius 2 is 1.82 bits per heavy atom. The van der Waals surface area contributed by atoms with E-state index in [1.165, 1.54) is 22.3 Å². The van der Waals surface area contributed by atoms with Crippen LogP contribution in [0.5, 0.6) is 0 Å². The fourth-order valence-corrected chi connectivity index (χ4v) is 4.01. The van der Waals surface area contributed by atoms with Crippen molar-refractivity contribution in [2.24, 2.45) is 0 Å². The Hall–Kier alpha value is -1.51. The van der Waals surface area contributed by atoms with Gasteiger partial charge in [0.25, 0.3) is 0 Å². The van der Waals surface area contributed by atoms with Crippen molar-refractivity contribution >= 4 is 17.3 Å². The molecule has 0 amide bonds. The second-order valence-corrected chi connectivity index (χ2v) is 6.65. The van der Waals surface area contributed by atoms with Crippen molar-refractivity contribution in [3.63, 3.8) is 0 Å². The zero-order valence-corrected chi connectivity index (χ0v) is 13.4. The Morgan fingerprint density at radius 3 is 2.77 bits per heavy atom. The molecular weight excluding hydrogens is 292 g/mol. The Balaban J connectivity index is 1.69. The lowest BCUT2D eigenvalue weighted by molar-refractivity contribution is 0.710. The third-order valence-corrected chi connectivity index (χ3v) is 5.25. The minimum Gasteiger partial charge on any atom is -0.377 e. The Kier molecular flexibility index (Phi) is 3.81. The van der Waals surface area contributed by atoms with E-state index in [9.17, 15) is 0 Å². The van der Waals surface area contributed by atoms with E-state index in [4.69, 9.17) is 11.6 Å². The Bertz CT molecular complexity index is 696. The standard InChI is InChI=1S/C19H21ClN2/c20-17-7-5-14-9-11-21-12-10-16(14)19(17)22-18-8-6-13-3-1-2-4-15(13)18/h1-5,7,18,21-22H,6,8-12H2. The zero-order chi connectivity index (χ0) is 14.9. The molecule has 0 bridgehead atoms. The molecule has 1 heterocycles. The number of halogens is 1. The molecule has 0 radical (unpaired) electrons. The number of rotatable bonds is 2. The van der Waals surface area contributed by atoms with Gasteiger partial charge in [0, 0.05) is 0 Å². The Morgan fingerprint density at radius 1 is 0.955 bits per heavy atom. The molecule has 1 unspecified atom stereocenters. The summed E-state index contributed by atoms with van der Waals surface area (Å²) in [7, 11) is 0. The summed E-state index contributed by atoms with van der Waals surface area (Å²) in [5.74, 6) is 0. The molecule has 1 aliphatic heterocycles. The highest BCUT2D eigenvalue weighted by Gasteiger charge is 2.24. The minimum atomic E-state index is 0.386. The summed E-state index contributed by atoms with van der Waals surface area (Å²) in [6.45, 7) is 2.09. The first kappa shape index (κ1) is 14.1. The fraction of sp³-hybridized carbons (Fsp3) is 0.368. The van der Waals surface area contributed by atoms with Gasteiger partial charge >= 0.3 is 0 Å². The molecule has 1 aliphatic carbocycles. The largest absolute Gasteiger partial charge is 0.377 e. The number of fused-ring (bicyclic) bond motifs is 2. The average Bonchev–Trinajstić information content (AvgIpc) is 2.79. The highest BCUT2D eigenvalue weighted by Crippen LogP contribution is 2.38. The fourth-order valence-electron chi connectivity index (χ4n) is 3.78. The van der Waals surface area contributed by atoms with Gasteiger partial charge in [0.05, 0.1) is 16.8 Å². The smallest absolute Gasteiger partial charge is 0.0640 e. The van der Waals surface area contributed by atoms with Crippen molar-refractivity contribution in [1.82, 2.24) is 5.32 Å². The van der Waals surface area contributed by atoms with Gasteiger partial charge in [0.15, 0.2) is 0 Å². The van der Waals surface area contributed by atoms with Crippen LogP contribution >= 0.6 is 11.6 Å². The van der Waals surface area contributed by atoms with Crippen LogP contribution < -0.4 is 10.6 Å². The third kappa shape index (κ3) is 2.51. The van der Waals surface area contributed by atoms with E-state index in [0.29, 0.717) is 6.04 Å². The topological polar surface area (TPSA) is 24.1 Å². The molecule has 3 heteroatoms. The van der Waals surface area contributed by atoms with E-state index in [-0.39, 0.29) is 0 Å². The molecule has 1 atom stereocenters. The molecule has 0 saturated heterocycles. The number of hydrogen-bond donors (Lipinski definition) is 2. The second kappa shape index (κ2) is 5.94. The van der Waals surface area contributed by atoms with Gasteiger partial charge in [0.2, 0.25) is 0 Å². The Labute approximate surface area is 136 Å². The first-order chi connectivity index (χ1) is 10.8. The molecule has 2 aliphatic rings. The maximum Gasteiger partial charge on any atom is 0.0640 e. The number of aryl methyl sites for hydroxylation is 1. The van der Waals surface area contributed by atoms with Crippen LogP contribution in [0.1, 0.15) is 34.7 Å². The van der Waals surface area contributed by atoms with Crippen LogP contribution in [0.2, 0.25) is 5.02 Å². The minimum absolute atomic E-state index is 0.386. The number of anilines is 1. The molecular formula is C19H21ClN2. The third-order valence-electron chi connectivity index (χ3n) is 4.93. The van der Waals surface area contributed by atoms with Crippen LogP contribution in [0, 0.1) is 0 Å². The summed E-state index contributed by atoms with van der Waals surface area (Å²) in [5, 5.41) is 8.09. The van der Waals surface area contributed by atoms with E-state index in [1.54, 1.807) is 0 Å². The molecule has 0 aromatic heterocycles. The van der Waals surface area contributed by atoms with Crippen molar-refractivity contribution in [2.75, 3.05) is 18.4 Å². The normalized spacial score (nSPS) is 20.1. The molecule has 2 N–H and O–H groups in total. The van der Waals surface area contributed by atoms with Crippen LogP contribution in [-0.4, -0.2) is 13.1 Å². The molecule has 114 valence electrons. The van der Waals surface area contributed by atoms with Crippen molar-refractivity contribution in [3.05, 3.63) is 63.7 Å². The monoisotopic (exact) mass is 312 g/mol. The quantitative estimate of drug-likeness (QED) is 0.871. The summed E-state index contributed by atoms with van der Waals surface area (Å²) in [6.07, 6.45) is 4.44. The number of benzene rings is 2. The second-order valence-electron chi connectivity index (χ2n) is 6.24. The highest BCUT2D eigenvalue weighted by molar-refractivity contribution is 6.33. The summed E-state index contributed by atoms with van der Waals surface area (Å²) < 4.78 is 0. The van der Waals surface area contributed by atoms with Crippen molar-refractivity contribution in [1.29, 1.82) is 0 Å². The summed E-state index contributed by atoms with van der Waals surface area (Å²) >= 11 is 6.54. The van der Waals surface area contributed by atoms with Gasteiger partial charge in [-0.3, -0.25) is 0 Å². The molecule has 0 saturated carbocycles. The van der Waals surface area contributed by atoms with Crippen molar-refractivity contribution in [2.45, 2.75) is 31.7 Å². The SMILES string of the molecule is Clc1ccc2c(c1NC1CCc3ccccc31)CCNCC2. The van der Waals surface area contributed by atoms with E-state index in [2.05, 4.69) is 47.0 Å². The number of hydrogen-bond acceptors (Lipinski definition) is 2. The van der Waals surface area contributed by atoms with E-state index in [0.717, 1.165) is 49.5 Å². The predicted octanol–water partition coefficient (Wildman–Crippen LogP) is 4.13. The van der Waals surface area contributed by atoms with Gasteiger partial charge in [-0.15, -0.1) is 0 Å². The molecule has 2 nitrogen and oxygen atoms in total. The van der Waals surface area contributed by atoms with E-state index < -0.39 is 0 Å².